The highest BCUT2D eigenvalue weighted by Crippen LogP contribution is 2.08. The maximum atomic E-state index is 5.81. The zero-order valence-corrected chi connectivity index (χ0v) is 11.1. The molecular formula is C13H29N3. The van der Waals surface area contributed by atoms with Gasteiger partial charge in [-0.25, -0.2) is 0 Å². The number of hydrogen-bond donors (Lipinski definition) is 1. The largest absolute Gasteiger partial charge is 0.327 e. The second kappa shape index (κ2) is 8.04. The van der Waals surface area contributed by atoms with Gasteiger partial charge in [0, 0.05) is 25.7 Å². The van der Waals surface area contributed by atoms with Crippen LogP contribution in [0.2, 0.25) is 0 Å². The first-order chi connectivity index (χ1) is 7.72. The summed E-state index contributed by atoms with van der Waals surface area (Å²) in [4.78, 5) is 5.03. The first-order valence-corrected chi connectivity index (χ1v) is 6.92. The molecule has 1 atom stereocenters. The zero-order valence-electron chi connectivity index (χ0n) is 11.1. The average molecular weight is 227 g/mol. The van der Waals surface area contributed by atoms with Crippen LogP contribution in [0.5, 0.6) is 0 Å². The van der Waals surface area contributed by atoms with E-state index in [2.05, 4.69) is 23.6 Å². The number of rotatable bonds is 8. The first kappa shape index (κ1) is 13.9. The summed E-state index contributed by atoms with van der Waals surface area (Å²) in [5.41, 5.74) is 5.81. The summed E-state index contributed by atoms with van der Waals surface area (Å²) in [6.45, 7) is 10.3. The van der Waals surface area contributed by atoms with Crippen LogP contribution in [0.15, 0.2) is 0 Å². The summed E-state index contributed by atoms with van der Waals surface area (Å²) in [5, 5.41) is 0. The van der Waals surface area contributed by atoms with Crippen molar-refractivity contribution in [3.63, 3.8) is 0 Å². The predicted molar refractivity (Wildman–Crippen MR) is 70.4 cm³/mol. The Bertz CT molecular complexity index is 171. The third-order valence-electron chi connectivity index (χ3n) is 3.26. The van der Waals surface area contributed by atoms with Crippen LogP contribution in [0.1, 0.15) is 46.0 Å². The van der Waals surface area contributed by atoms with Gasteiger partial charge in [0.1, 0.15) is 0 Å². The molecule has 3 nitrogen and oxygen atoms in total. The number of nitrogens with zero attached hydrogens (tertiary/aromatic N) is 2. The molecule has 0 aromatic carbocycles. The third-order valence-corrected chi connectivity index (χ3v) is 3.26. The molecule has 1 unspecified atom stereocenters. The molecular weight excluding hydrogens is 198 g/mol. The molecule has 16 heavy (non-hydrogen) atoms. The molecule has 1 aliphatic rings. The fraction of sp³-hybridized carbons (Fsp3) is 1.00. The second-order valence-electron chi connectivity index (χ2n) is 5.23. The summed E-state index contributed by atoms with van der Waals surface area (Å²) >= 11 is 0. The van der Waals surface area contributed by atoms with Crippen LogP contribution in [-0.2, 0) is 0 Å². The van der Waals surface area contributed by atoms with Crippen molar-refractivity contribution in [3.05, 3.63) is 0 Å². The van der Waals surface area contributed by atoms with Crippen LogP contribution >= 0.6 is 0 Å². The van der Waals surface area contributed by atoms with Crippen LogP contribution < -0.4 is 5.73 Å². The van der Waals surface area contributed by atoms with Crippen molar-refractivity contribution >= 4 is 0 Å². The van der Waals surface area contributed by atoms with Crippen molar-refractivity contribution in [1.82, 2.24) is 9.80 Å². The van der Waals surface area contributed by atoms with Gasteiger partial charge in [-0.1, -0.05) is 32.6 Å². The topological polar surface area (TPSA) is 32.5 Å². The van der Waals surface area contributed by atoms with E-state index in [4.69, 9.17) is 5.73 Å². The van der Waals surface area contributed by atoms with E-state index in [0.717, 1.165) is 13.2 Å². The van der Waals surface area contributed by atoms with Gasteiger partial charge in [-0.15, -0.1) is 0 Å². The Labute approximate surface area is 101 Å². The Kier molecular flexibility index (Phi) is 7.01. The van der Waals surface area contributed by atoms with E-state index in [1.165, 1.54) is 51.7 Å². The van der Waals surface area contributed by atoms with Crippen LogP contribution in [0.4, 0.5) is 0 Å². The first-order valence-electron chi connectivity index (χ1n) is 6.92. The average Bonchev–Trinajstić information content (AvgIpc) is 2.64. The number of nitrogens with two attached hydrogens (primary N) is 1. The zero-order chi connectivity index (χ0) is 11.8. The lowest BCUT2D eigenvalue weighted by Crippen LogP contribution is -2.35. The van der Waals surface area contributed by atoms with E-state index in [9.17, 15) is 0 Å². The Morgan fingerprint density at radius 2 is 1.75 bits per heavy atom. The molecule has 0 aromatic rings. The van der Waals surface area contributed by atoms with Crippen molar-refractivity contribution in [2.75, 3.05) is 32.8 Å². The van der Waals surface area contributed by atoms with Gasteiger partial charge in [0.2, 0.25) is 0 Å². The highest BCUT2D eigenvalue weighted by atomic mass is 15.4. The van der Waals surface area contributed by atoms with Crippen molar-refractivity contribution in [2.24, 2.45) is 5.73 Å². The molecule has 1 fully saturated rings. The molecule has 1 heterocycles. The minimum absolute atomic E-state index is 0.310. The van der Waals surface area contributed by atoms with E-state index in [-0.39, 0.29) is 0 Å². The van der Waals surface area contributed by atoms with Crippen LogP contribution in [-0.4, -0.2) is 48.7 Å². The quantitative estimate of drug-likeness (QED) is 0.643. The van der Waals surface area contributed by atoms with E-state index < -0.39 is 0 Å². The maximum absolute atomic E-state index is 5.81. The van der Waals surface area contributed by atoms with Crippen LogP contribution in [0, 0.1) is 0 Å². The number of unbranched alkanes of at least 4 members (excludes halogenated alkanes) is 4. The molecule has 0 aliphatic carbocycles. The fourth-order valence-corrected chi connectivity index (χ4v) is 2.38. The van der Waals surface area contributed by atoms with Gasteiger partial charge in [-0.3, -0.25) is 9.80 Å². The van der Waals surface area contributed by atoms with Gasteiger partial charge in [-0.05, 0) is 19.9 Å². The predicted octanol–water partition coefficient (Wildman–Crippen LogP) is 1.88. The lowest BCUT2D eigenvalue weighted by molar-refractivity contribution is 0.235. The van der Waals surface area contributed by atoms with Gasteiger partial charge >= 0.3 is 0 Å². The summed E-state index contributed by atoms with van der Waals surface area (Å²) < 4.78 is 0. The van der Waals surface area contributed by atoms with Crippen molar-refractivity contribution in [2.45, 2.75) is 52.0 Å². The maximum Gasteiger partial charge on any atom is 0.0507 e. The highest BCUT2D eigenvalue weighted by molar-refractivity contribution is 4.73. The summed E-state index contributed by atoms with van der Waals surface area (Å²) in [6, 6.07) is 0.310. The summed E-state index contributed by atoms with van der Waals surface area (Å²) in [6.07, 6.45) is 6.92. The lowest BCUT2D eigenvalue weighted by atomic mass is 10.1. The van der Waals surface area contributed by atoms with E-state index in [1.807, 2.05) is 0 Å². The molecule has 1 saturated heterocycles. The minimum Gasteiger partial charge on any atom is -0.327 e. The minimum atomic E-state index is 0.310. The summed E-state index contributed by atoms with van der Waals surface area (Å²) in [7, 11) is 0. The van der Waals surface area contributed by atoms with Gasteiger partial charge in [0.15, 0.2) is 0 Å². The standard InChI is InChI=1S/C13H29N3/c1-3-4-5-6-7-8-15-9-10-16(12-15)11-13(2)14/h13H,3-12,14H2,1-2H3. The van der Waals surface area contributed by atoms with Crippen LogP contribution in [0.3, 0.4) is 0 Å². The molecule has 0 amide bonds. The third kappa shape index (κ3) is 5.83. The molecule has 1 rings (SSSR count). The van der Waals surface area contributed by atoms with Crippen molar-refractivity contribution in [3.8, 4) is 0 Å². The highest BCUT2D eigenvalue weighted by Gasteiger charge is 2.19. The van der Waals surface area contributed by atoms with E-state index in [1.54, 1.807) is 0 Å². The van der Waals surface area contributed by atoms with Gasteiger partial charge in [0.05, 0.1) is 6.67 Å². The molecule has 2 N–H and O–H groups in total. The SMILES string of the molecule is CCCCCCCN1CCN(CC(C)N)C1. The number of hydrogen-bond acceptors (Lipinski definition) is 3. The monoisotopic (exact) mass is 227 g/mol. The van der Waals surface area contributed by atoms with Gasteiger partial charge in [-0.2, -0.15) is 0 Å². The van der Waals surface area contributed by atoms with Crippen LogP contribution in [0.25, 0.3) is 0 Å². The van der Waals surface area contributed by atoms with Crippen molar-refractivity contribution < 1.29 is 0 Å². The smallest absolute Gasteiger partial charge is 0.0507 e. The van der Waals surface area contributed by atoms with E-state index >= 15 is 0 Å². The summed E-state index contributed by atoms with van der Waals surface area (Å²) in [5.74, 6) is 0. The molecule has 0 spiro atoms. The Hall–Kier alpha value is -0.120. The Balaban J connectivity index is 1.99. The molecule has 0 aromatic heterocycles. The van der Waals surface area contributed by atoms with Gasteiger partial charge in [0.25, 0.3) is 0 Å². The fourth-order valence-electron chi connectivity index (χ4n) is 2.38. The normalized spacial score (nSPS) is 20.4. The molecule has 0 bridgehead atoms. The molecule has 1 aliphatic heterocycles. The molecule has 0 radical (unpaired) electrons. The molecule has 3 heteroatoms. The molecule has 0 saturated carbocycles. The second-order valence-corrected chi connectivity index (χ2v) is 5.23. The molecule has 96 valence electrons. The Morgan fingerprint density at radius 1 is 1.06 bits per heavy atom. The lowest BCUT2D eigenvalue weighted by Gasteiger charge is -2.19. The van der Waals surface area contributed by atoms with E-state index in [0.29, 0.717) is 6.04 Å². The van der Waals surface area contributed by atoms with Crippen molar-refractivity contribution in [1.29, 1.82) is 0 Å². The van der Waals surface area contributed by atoms with Gasteiger partial charge < -0.3 is 5.73 Å². The Morgan fingerprint density at radius 3 is 2.44 bits per heavy atom.